The zero-order valence-electron chi connectivity index (χ0n) is 13.9. The fraction of sp³-hybridized carbons (Fsp3) is 0.438. The van der Waals surface area contributed by atoms with E-state index in [0.29, 0.717) is 18.0 Å². The first-order valence-corrected chi connectivity index (χ1v) is 9.09. The molecule has 0 saturated heterocycles. The molecule has 1 aromatic carbocycles. The van der Waals surface area contributed by atoms with E-state index in [4.69, 9.17) is 4.74 Å². The Morgan fingerprint density at radius 2 is 1.92 bits per heavy atom. The van der Waals surface area contributed by atoms with Gasteiger partial charge in [-0.1, -0.05) is 22.9 Å². The molecule has 1 aromatic rings. The fourth-order valence-corrected chi connectivity index (χ4v) is 2.78. The van der Waals surface area contributed by atoms with Gasteiger partial charge >= 0.3 is 0 Å². The molecule has 0 unspecified atom stereocenters. The van der Waals surface area contributed by atoms with E-state index in [1.165, 1.54) is 0 Å². The first-order chi connectivity index (χ1) is 11.3. The van der Waals surface area contributed by atoms with Crippen LogP contribution in [0.2, 0.25) is 0 Å². The van der Waals surface area contributed by atoms with Crippen LogP contribution in [-0.2, 0) is 9.59 Å². The van der Waals surface area contributed by atoms with Crippen LogP contribution < -0.4 is 15.5 Å². The summed E-state index contributed by atoms with van der Waals surface area (Å²) in [5.74, 6) is 0.0687. The van der Waals surface area contributed by atoms with Gasteiger partial charge in [-0.05, 0) is 53.9 Å². The highest BCUT2D eigenvalue weighted by atomic mass is 79.9. The lowest BCUT2D eigenvalue weighted by molar-refractivity contribution is -0.123. The summed E-state index contributed by atoms with van der Waals surface area (Å²) in [4.78, 5) is 23.3. The Morgan fingerprint density at radius 3 is 2.58 bits per heavy atom. The van der Waals surface area contributed by atoms with Crippen molar-refractivity contribution in [3.63, 3.8) is 0 Å². The molecule has 2 N–H and O–H groups in total. The van der Waals surface area contributed by atoms with E-state index in [0.717, 1.165) is 20.9 Å². The van der Waals surface area contributed by atoms with Crippen LogP contribution in [-0.4, -0.2) is 30.7 Å². The minimum Gasteiger partial charge on any atom is -0.483 e. The lowest BCUT2D eigenvalue weighted by atomic mass is 10.2. The number of halogens is 2. The third kappa shape index (κ3) is 7.44. The minimum atomic E-state index is -0.393. The van der Waals surface area contributed by atoms with Crippen LogP contribution in [0, 0.1) is 6.92 Å². The molecule has 6 nitrogen and oxygen atoms in total. The van der Waals surface area contributed by atoms with Gasteiger partial charge in [-0.3, -0.25) is 9.59 Å². The summed E-state index contributed by atoms with van der Waals surface area (Å²) in [7, 11) is 0. The number of benzene rings is 1. The fourth-order valence-electron chi connectivity index (χ4n) is 1.67. The molecule has 0 atom stereocenters. The number of hydrogen-bond donors (Lipinski definition) is 2. The van der Waals surface area contributed by atoms with Crippen molar-refractivity contribution in [3.05, 3.63) is 26.6 Å². The van der Waals surface area contributed by atoms with E-state index in [1.54, 1.807) is 6.92 Å². The first kappa shape index (κ1) is 20.6. The number of hydrogen-bond acceptors (Lipinski definition) is 4. The Kier molecular flexibility index (Phi) is 8.99. The zero-order valence-corrected chi connectivity index (χ0v) is 17.1. The molecular weight excluding hydrogens is 442 g/mol. The number of hydrazone groups is 1. The second-order valence-corrected chi connectivity index (χ2v) is 6.94. The monoisotopic (exact) mass is 461 g/mol. The topological polar surface area (TPSA) is 79.8 Å². The van der Waals surface area contributed by atoms with Crippen molar-refractivity contribution in [1.29, 1.82) is 0 Å². The number of carbonyl (C=O) groups is 2. The summed E-state index contributed by atoms with van der Waals surface area (Å²) in [6.45, 7) is 6.06. The normalized spacial score (nSPS) is 11.1. The zero-order chi connectivity index (χ0) is 18.1. The Balaban J connectivity index is 2.45. The number of nitrogens with one attached hydrogen (secondary N) is 2. The third-order valence-corrected chi connectivity index (χ3v) is 4.41. The van der Waals surface area contributed by atoms with Gasteiger partial charge in [-0.15, -0.1) is 0 Å². The molecule has 0 bridgehead atoms. The summed E-state index contributed by atoms with van der Waals surface area (Å²) >= 11 is 6.80. The van der Waals surface area contributed by atoms with Crippen LogP contribution in [0.3, 0.4) is 0 Å². The molecule has 24 heavy (non-hydrogen) atoms. The number of aryl methyl sites for hydroxylation is 1. The standard InChI is InChI=1S/C16H21Br2N3O3/c1-4-5-19-15(22)7-11(3)20-21-16(23)9-24-14-6-10(2)12(17)8-13(14)18/h6,8H,4-5,7,9H2,1-3H3,(H,19,22)(H,21,23)/b20-11-. The summed E-state index contributed by atoms with van der Waals surface area (Å²) in [5.41, 5.74) is 3.91. The van der Waals surface area contributed by atoms with Crippen molar-refractivity contribution in [2.45, 2.75) is 33.6 Å². The van der Waals surface area contributed by atoms with Gasteiger partial charge < -0.3 is 10.1 Å². The van der Waals surface area contributed by atoms with Crippen molar-refractivity contribution in [1.82, 2.24) is 10.7 Å². The molecule has 0 fully saturated rings. The SMILES string of the molecule is CCCNC(=O)C/C(C)=N\NC(=O)COc1cc(C)c(Br)cc1Br. The second kappa shape index (κ2) is 10.5. The molecule has 0 saturated carbocycles. The predicted octanol–water partition coefficient (Wildman–Crippen LogP) is 3.31. The number of rotatable bonds is 8. The maximum Gasteiger partial charge on any atom is 0.277 e. The summed E-state index contributed by atoms with van der Waals surface area (Å²) in [5, 5.41) is 6.64. The van der Waals surface area contributed by atoms with Gasteiger partial charge in [-0.25, -0.2) is 5.43 Å². The number of carbonyl (C=O) groups excluding carboxylic acids is 2. The van der Waals surface area contributed by atoms with Gasteiger partial charge in [0.2, 0.25) is 5.91 Å². The van der Waals surface area contributed by atoms with Crippen LogP contribution in [0.15, 0.2) is 26.2 Å². The first-order valence-electron chi connectivity index (χ1n) is 7.50. The van der Waals surface area contributed by atoms with E-state index >= 15 is 0 Å². The number of nitrogens with zero attached hydrogens (tertiary/aromatic N) is 1. The Labute approximate surface area is 158 Å². The molecule has 0 aromatic heterocycles. The van der Waals surface area contributed by atoms with Crippen molar-refractivity contribution in [3.8, 4) is 5.75 Å². The van der Waals surface area contributed by atoms with Crippen LogP contribution in [0.4, 0.5) is 0 Å². The summed E-state index contributed by atoms with van der Waals surface area (Å²) < 4.78 is 7.17. The third-order valence-electron chi connectivity index (χ3n) is 2.93. The molecule has 0 aliphatic rings. The molecule has 0 aliphatic heterocycles. The van der Waals surface area contributed by atoms with Gasteiger partial charge in [0.15, 0.2) is 6.61 Å². The smallest absolute Gasteiger partial charge is 0.277 e. The van der Waals surface area contributed by atoms with Crippen LogP contribution in [0.25, 0.3) is 0 Å². The predicted molar refractivity (Wildman–Crippen MR) is 101 cm³/mol. The Hall–Kier alpha value is -1.41. The summed E-state index contributed by atoms with van der Waals surface area (Å²) in [6, 6.07) is 3.69. The Bertz CT molecular complexity index is 633. The Morgan fingerprint density at radius 1 is 1.21 bits per heavy atom. The van der Waals surface area contributed by atoms with Crippen LogP contribution >= 0.6 is 31.9 Å². The van der Waals surface area contributed by atoms with Gasteiger partial charge in [0.05, 0.1) is 10.9 Å². The molecule has 2 amide bonds. The quantitative estimate of drug-likeness (QED) is 0.459. The number of amides is 2. The van der Waals surface area contributed by atoms with Crippen LogP contribution in [0.5, 0.6) is 5.75 Å². The summed E-state index contributed by atoms with van der Waals surface area (Å²) in [6.07, 6.45) is 1.03. The highest BCUT2D eigenvalue weighted by molar-refractivity contribution is 9.11. The van der Waals surface area contributed by atoms with Gasteiger partial charge in [0.1, 0.15) is 5.75 Å². The lowest BCUT2D eigenvalue weighted by Gasteiger charge is -2.09. The number of ether oxygens (including phenoxy) is 1. The van der Waals surface area contributed by atoms with Crippen molar-refractivity contribution in [2.24, 2.45) is 5.10 Å². The highest BCUT2D eigenvalue weighted by Crippen LogP contribution is 2.31. The molecule has 0 aliphatic carbocycles. The van der Waals surface area contributed by atoms with E-state index in [1.807, 2.05) is 26.0 Å². The van der Waals surface area contributed by atoms with Gasteiger partial charge in [0.25, 0.3) is 5.91 Å². The van der Waals surface area contributed by atoms with Crippen LogP contribution in [0.1, 0.15) is 32.3 Å². The van der Waals surface area contributed by atoms with Crippen molar-refractivity contribution in [2.75, 3.05) is 13.2 Å². The molecule has 8 heteroatoms. The second-order valence-electron chi connectivity index (χ2n) is 5.23. The van der Waals surface area contributed by atoms with E-state index in [9.17, 15) is 9.59 Å². The largest absolute Gasteiger partial charge is 0.483 e. The highest BCUT2D eigenvalue weighted by Gasteiger charge is 2.08. The molecular formula is C16H21Br2N3O3. The van der Waals surface area contributed by atoms with Crippen molar-refractivity contribution < 1.29 is 14.3 Å². The van der Waals surface area contributed by atoms with Crippen molar-refractivity contribution >= 4 is 49.4 Å². The van der Waals surface area contributed by atoms with E-state index < -0.39 is 5.91 Å². The maximum atomic E-state index is 11.8. The average Bonchev–Trinajstić information content (AvgIpc) is 2.53. The maximum absolute atomic E-state index is 11.8. The van der Waals surface area contributed by atoms with Gasteiger partial charge in [0, 0.05) is 16.7 Å². The van der Waals surface area contributed by atoms with E-state index in [-0.39, 0.29) is 18.9 Å². The van der Waals surface area contributed by atoms with Gasteiger partial charge in [-0.2, -0.15) is 5.10 Å². The van der Waals surface area contributed by atoms with E-state index in [2.05, 4.69) is 47.7 Å². The lowest BCUT2D eigenvalue weighted by Crippen LogP contribution is -2.28. The molecule has 0 heterocycles. The average molecular weight is 463 g/mol. The minimum absolute atomic E-state index is 0.113. The molecule has 0 radical (unpaired) electrons. The molecule has 132 valence electrons. The molecule has 1 rings (SSSR count). The molecule has 0 spiro atoms.